The number of hydrogen-bond donors (Lipinski definition) is 2. The quantitative estimate of drug-likeness (QED) is 0.769. The van der Waals surface area contributed by atoms with Crippen molar-refractivity contribution in [1.29, 1.82) is 0 Å². The minimum absolute atomic E-state index is 0.0831. The zero-order valence-corrected chi connectivity index (χ0v) is 15.8. The van der Waals surface area contributed by atoms with Gasteiger partial charge in [0.1, 0.15) is 0 Å². The third kappa shape index (κ3) is 3.12. The summed E-state index contributed by atoms with van der Waals surface area (Å²) in [4.78, 5) is 39.4. The molecule has 2 N–H and O–H groups in total. The lowest BCUT2D eigenvalue weighted by atomic mass is 9.99. The number of rotatable bonds is 4. The van der Waals surface area contributed by atoms with Crippen molar-refractivity contribution in [2.45, 2.75) is 62.8 Å². The third-order valence-electron chi connectivity index (χ3n) is 6.45. The first kappa shape index (κ1) is 17.8. The Kier molecular flexibility index (Phi) is 4.44. The van der Waals surface area contributed by atoms with Crippen molar-refractivity contribution in [3.8, 4) is 0 Å². The van der Waals surface area contributed by atoms with E-state index in [0.29, 0.717) is 35.4 Å². The van der Waals surface area contributed by atoms with Gasteiger partial charge in [-0.3, -0.25) is 19.3 Å². The van der Waals surface area contributed by atoms with Crippen LogP contribution in [-0.2, 0) is 4.74 Å². The van der Waals surface area contributed by atoms with E-state index in [1.165, 1.54) is 17.7 Å². The second kappa shape index (κ2) is 6.97. The Hall–Kier alpha value is -2.25. The molecule has 0 aliphatic carbocycles. The Morgan fingerprint density at radius 3 is 2.57 bits per heavy atom. The maximum atomic E-state index is 12.8. The van der Waals surface area contributed by atoms with Crippen molar-refractivity contribution in [3.63, 3.8) is 0 Å². The smallest absolute Gasteiger partial charge is 0.261 e. The van der Waals surface area contributed by atoms with Crippen LogP contribution in [0.15, 0.2) is 18.2 Å². The molecule has 0 radical (unpaired) electrons. The Labute approximate surface area is 163 Å². The molecule has 28 heavy (non-hydrogen) atoms. The average molecular weight is 383 g/mol. The number of ether oxygens (including phenoxy) is 1. The Morgan fingerprint density at radius 1 is 1.11 bits per heavy atom. The van der Waals surface area contributed by atoms with Crippen LogP contribution in [0.5, 0.6) is 0 Å². The number of piperidine rings is 1. The van der Waals surface area contributed by atoms with Crippen LogP contribution >= 0.6 is 0 Å². The summed E-state index contributed by atoms with van der Waals surface area (Å²) in [6, 6.07) is 5.96. The minimum Gasteiger partial charge on any atom is -0.376 e. The van der Waals surface area contributed by atoms with E-state index >= 15 is 0 Å². The summed E-state index contributed by atoms with van der Waals surface area (Å²) in [5.41, 5.74) is 1.13. The Balaban J connectivity index is 1.29. The van der Waals surface area contributed by atoms with Gasteiger partial charge in [-0.05, 0) is 56.7 Å². The standard InChI is InChI=1S/C21H25N3O4/c25-19(23-15-9-13-4-5-14(10-15)22-13)12-3-6-17-18(8-12)21(27)24(20(17)26)11-16-2-1-7-28-16/h3,6,8,13-16,22H,1-2,4-5,7,9-11H2,(H,23,25). The minimum atomic E-state index is -0.329. The van der Waals surface area contributed by atoms with Gasteiger partial charge in [-0.1, -0.05) is 0 Å². The van der Waals surface area contributed by atoms with Gasteiger partial charge in [-0.2, -0.15) is 0 Å². The van der Waals surface area contributed by atoms with E-state index in [1.54, 1.807) is 18.2 Å². The number of hydrogen-bond acceptors (Lipinski definition) is 5. The summed E-state index contributed by atoms with van der Waals surface area (Å²) < 4.78 is 5.56. The van der Waals surface area contributed by atoms with E-state index in [4.69, 9.17) is 4.74 Å². The van der Waals surface area contributed by atoms with Crippen molar-refractivity contribution < 1.29 is 19.1 Å². The molecule has 7 heteroatoms. The number of nitrogens with one attached hydrogen (secondary N) is 2. The van der Waals surface area contributed by atoms with E-state index in [1.807, 2.05) is 0 Å². The number of carbonyl (C=O) groups is 3. The molecule has 3 saturated heterocycles. The highest BCUT2D eigenvalue weighted by molar-refractivity contribution is 6.22. The number of carbonyl (C=O) groups excluding carboxylic acids is 3. The van der Waals surface area contributed by atoms with Crippen LogP contribution in [0.2, 0.25) is 0 Å². The summed E-state index contributed by atoms with van der Waals surface area (Å²) in [5.74, 6) is -0.797. The third-order valence-corrected chi connectivity index (χ3v) is 6.45. The van der Waals surface area contributed by atoms with Gasteiger partial charge in [0.25, 0.3) is 17.7 Å². The van der Waals surface area contributed by atoms with Crippen LogP contribution in [0.1, 0.15) is 69.6 Å². The molecule has 5 rings (SSSR count). The fourth-order valence-electron chi connectivity index (χ4n) is 5.03. The molecular formula is C21H25N3O4. The molecule has 3 unspecified atom stereocenters. The van der Waals surface area contributed by atoms with Gasteiger partial charge < -0.3 is 15.4 Å². The molecule has 7 nitrogen and oxygen atoms in total. The van der Waals surface area contributed by atoms with Crippen LogP contribution in [0.3, 0.4) is 0 Å². The average Bonchev–Trinajstić information content (AvgIpc) is 3.38. The van der Waals surface area contributed by atoms with E-state index in [2.05, 4.69) is 10.6 Å². The fraction of sp³-hybridized carbons (Fsp3) is 0.571. The van der Waals surface area contributed by atoms with Crippen LogP contribution in [0, 0.1) is 0 Å². The number of nitrogens with zero attached hydrogens (tertiary/aromatic N) is 1. The van der Waals surface area contributed by atoms with Gasteiger partial charge in [-0.15, -0.1) is 0 Å². The molecule has 3 atom stereocenters. The lowest BCUT2D eigenvalue weighted by molar-refractivity contribution is 0.0475. The van der Waals surface area contributed by atoms with Crippen molar-refractivity contribution in [1.82, 2.24) is 15.5 Å². The number of imide groups is 1. The Bertz CT molecular complexity index is 821. The Morgan fingerprint density at radius 2 is 1.86 bits per heavy atom. The first-order valence-electron chi connectivity index (χ1n) is 10.3. The van der Waals surface area contributed by atoms with E-state index in [9.17, 15) is 14.4 Å². The van der Waals surface area contributed by atoms with Gasteiger partial charge in [0.15, 0.2) is 0 Å². The SMILES string of the molecule is O=C(NC1CC2CCC(C1)N2)c1ccc2c(c1)C(=O)N(CC1CCCO1)C2=O. The second-order valence-corrected chi connectivity index (χ2v) is 8.40. The number of fused-ring (bicyclic) bond motifs is 3. The zero-order valence-electron chi connectivity index (χ0n) is 15.8. The van der Waals surface area contributed by atoms with Crippen LogP contribution in [0.4, 0.5) is 0 Å². The predicted octanol–water partition coefficient (Wildman–Crippen LogP) is 1.47. The lowest BCUT2D eigenvalue weighted by Gasteiger charge is -2.29. The molecule has 2 bridgehead atoms. The van der Waals surface area contributed by atoms with Gasteiger partial charge in [0, 0.05) is 30.3 Å². The molecule has 0 saturated carbocycles. The highest BCUT2D eigenvalue weighted by Crippen LogP contribution is 2.28. The summed E-state index contributed by atoms with van der Waals surface area (Å²) in [7, 11) is 0. The van der Waals surface area contributed by atoms with E-state index in [0.717, 1.165) is 25.7 Å². The maximum absolute atomic E-state index is 12.8. The summed E-state index contributed by atoms with van der Waals surface area (Å²) in [5, 5.41) is 6.68. The van der Waals surface area contributed by atoms with Gasteiger partial charge in [-0.25, -0.2) is 0 Å². The summed E-state index contributed by atoms with van der Waals surface area (Å²) in [6.45, 7) is 0.961. The normalized spacial score (nSPS) is 31.4. The topological polar surface area (TPSA) is 87.7 Å². The highest BCUT2D eigenvalue weighted by atomic mass is 16.5. The molecule has 4 aliphatic rings. The monoisotopic (exact) mass is 383 g/mol. The largest absolute Gasteiger partial charge is 0.376 e. The van der Waals surface area contributed by atoms with Crippen molar-refractivity contribution in [2.75, 3.05) is 13.2 Å². The second-order valence-electron chi connectivity index (χ2n) is 8.40. The van der Waals surface area contributed by atoms with Crippen LogP contribution in [0.25, 0.3) is 0 Å². The highest BCUT2D eigenvalue weighted by Gasteiger charge is 2.38. The zero-order chi connectivity index (χ0) is 19.3. The van der Waals surface area contributed by atoms with E-state index in [-0.39, 0.29) is 36.4 Å². The summed E-state index contributed by atoms with van der Waals surface area (Å²) in [6.07, 6.45) is 5.97. The van der Waals surface area contributed by atoms with E-state index < -0.39 is 0 Å². The van der Waals surface area contributed by atoms with Gasteiger partial charge >= 0.3 is 0 Å². The maximum Gasteiger partial charge on any atom is 0.261 e. The molecule has 4 aliphatic heterocycles. The fourth-order valence-corrected chi connectivity index (χ4v) is 5.03. The van der Waals surface area contributed by atoms with Gasteiger partial charge in [0.2, 0.25) is 0 Å². The predicted molar refractivity (Wildman–Crippen MR) is 101 cm³/mol. The molecule has 0 aromatic heterocycles. The molecule has 3 fully saturated rings. The molecule has 4 heterocycles. The van der Waals surface area contributed by atoms with Crippen molar-refractivity contribution in [2.24, 2.45) is 0 Å². The molecule has 0 spiro atoms. The van der Waals surface area contributed by atoms with Gasteiger partial charge in [0.05, 0.1) is 23.8 Å². The first-order chi connectivity index (χ1) is 13.6. The molecule has 3 amide bonds. The molecule has 148 valence electrons. The van der Waals surface area contributed by atoms with Crippen LogP contribution < -0.4 is 10.6 Å². The van der Waals surface area contributed by atoms with Crippen LogP contribution in [-0.4, -0.2) is 60.0 Å². The molecular weight excluding hydrogens is 358 g/mol. The summed E-state index contributed by atoms with van der Waals surface area (Å²) >= 11 is 0. The molecule has 1 aromatic rings. The molecule has 1 aromatic carbocycles. The first-order valence-corrected chi connectivity index (χ1v) is 10.3. The van der Waals surface area contributed by atoms with Crippen molar-refractivity contribution in [3.05, 3.63) is 34.9 Å². The number of amides is 3. The number of benzene rings is 1. The lowest BCUT2D eigenvalue weighted by Crippen LogP contribution is -2.48. The van der Waals surface area contributed by atoms with Crippen molar-refractivity contribution >= 4 is 17.7 Å².